The topological polar surface area (TPSA) is 95.6 Å². The quantitative estimate of drug-likeness (QED) is 0.595. The second-order valence-electron chi connectivity index (χ2n) is 6.51. The van der Waals surface area contributed by atoms with Crippen molar-refractivity contribution in [3.8, 4) is 0 Å². The van der Waals surface area contributed by atoms with Gasteiger partial charge in [-0.3, -0.25) is 24.1 Å². The van der Waals surface area contributed by atoms with Crippen molar-refractivity contribution in [2.75, 3.05) is 19.6 Å². The SMILES string of the molecule is O=C(CNC(=O)c1ccc(F)cc1F)NCCN1C(=O)SC(=Cc2ccccc2Cl)C1=O. The van der Waals surface area contributed by atoms with Crippen LogP contribution in [0.5, 0.6) is 0 Å². The van der Waals surface area contributed by atoms with E-state index in [0.29, 0.717) is 16.7 Å². The number of carbonyl (C=O) groups is 4. The first-order chi connectivity index (χ1) is 15.3. The number of imide groups is 1. The summed E-state index contributed by atoms with van der Waals surface area (Å²) in [5, 5.41) is 4.61. The van der Waals surface area contributed by atoms with Gasteiger partial charge >= 0.3 is 0 Å². The van der Waals surface area contributed by atoms with Crippen molar-refractivity contribution < 1.29 is 28.0 Å². The highest BCUT2D eigenvalue weighted by Crippen LogP contribution is 2.33. The van der Waals surface area contributed by atoms with E-state index in [1.807, 2.05) is 0 Å². The molecule has 32 heavy (non-hydrogen) atoms. The largest absolute Gasteiger partial charge is 0.353 e. The van der Waals surface area contributed by atoms with Crippen molar-refractivity contribution in [2.45, 2.75) is 0 Å². The van der Waals surface area contributed by atoms with Crippen LogP contribution in [0.25, 0.3) is 6.08 Å². The van der Waals surface area contributed by atoms with Gasteiger partial charge in [-0.15, -0.1) is 0 Å². The second-order valence-corrected chi connectivity index (χ2v) is 7.91. The minimum atomic E-state index is -1.05. The third-order valence-electron chi connectivity index (χ3n) is 4.31. The highest BCUT2D eigenvalue weighted by atomic mass is 35.5. The van der Waals surface area contributed by atoms with Crippen LogP contribution in [-0.2, 0) is 9.59 Å². The number of benzene rings is 2. The van der Waals surface area contributed by atoms with Crippen molar-refractivity contribution in [1.82, 2.24) is 15.5 Å². The van der Waals surface area contributed by atoms with Crippen LogP contribution in [0.15, 0.2) is 47.4 Å². The Kier molecular flexibility index (Phi) is 7.60. The molecule has 0 spiro atoms. The van der Waals surface area contributed by atoms with Crippen molar-refractivity contribution in [1.29, 1.82) is 0 Å². The number of halogens is 3. The van der Waals surface area contributed by atoms with Gasteiger partial charge in [-0.25, -0.2) is 8.78 Å². The molecule has 2 aromatic rings. The minimum Gasteiger partial charge on any atom is -0.353 e. The summed E-state index contributed by atoms with van der Waals surface area (Å²) in [7, 11) is 0. The molecule has 3 rings (SSSR count). The van der Waals surface area contributed by atoms with Crippen LogP contribution in [0.1, 0.15) is 15.9 Å². The zero-order chi connectivity index (χ0) is 23.3. The molecule has 1 aliphatic heterocycles. The molecule has 0 aliphatic carbocycles. The summed E-state index contributed by atoms with van der Waals surface area (Å²) >= 11 is 6.84. The zero-order valence-corrected chi connectivity index (χ0v) is 17.9. The first-order valence-corrected chi connectivity index (χ1v) is 10.5. The number of thioether (sulfide) groups is 1. The van der Waals surface area contributed by atoms with E-state index in [9.17, 15) is 28.0 Å². The summed E-state index contributed by atoms with van der Waals surface area (Å²) in [6.45, 7) is -0.586. The number of nitrogens with zero attached hydrogens (tertiary/aromatic N) is 1. The van der Waals surface area contributed by atoms with E-state index in [-0.39, 0.29) is 18.0 Å². The average Bonchev–Trinajstić information content (AvgIpc) is 3.01. The Morgan fingerprint density at radius 2 is 1.84 bits per heavy atom. The van der Waals surface area contributed by atoms with Gasteiger partial charge in [-0.2, -0.15) is 0 Å². The van der Waals surface area contributed by atoms with Gasteiger partial charge in [0.2, 0.25) is 5.91 Å². The Bertz CT molecular complexity index is 1130. The molecule has 0 aromatic heterocycles. The lowest BCUT2D eigenvalue weighted by molar-refractivity contribution is -0.124. The smallest absolute Gasteiger partial charge is 0.293 e. The maximum atomic E-state index is 13.6. The number of nitrogens with one attached hydrogen (secondary N) is 2. The molecule has 166 valence electrons. The lowest BCUT2D eigenvalue weighted by Gasteiger charge is -2.13. The average molecular weight is 480 g/mol. The van der Waals surface area contributed by atoms with Gasteiger partial charge in [-0.1, -0.05) is 29.8 Å². The fourth-order valence-corrected chi connectivity index (χ4v) is 3.77. The summed E-state index contributed by atoms with van der Waals surface area (Å²) in [5.74, 6) is -3.88. The van der Waals surface area contributed by atoms with Crippen LogP contribution in [0.3, 0.4) is 0 Å². The number of rotatable bonds is 7. The maximum absolute atomic E-state index is 13.6. The normalized spacial score (nSPS) is 14.7. The van der Waals surface area contributed by atoms with Crippen molar-refractivity contribution in [2.24, 2.45) is 0 Å². The molecule has 1 saturated heterocycles. The van der Waals surface area contributed by atoms with E-state index in [4.69, 9.17) is 11.6 Å². The number of hydrogen-bond donors (Lipinski definition) is 2. The van der Waals surface area contributed by atoms with E-state index >= 15 is 0 Å². The molecule has 11 heteroatoms. The van der Waals surface area contributed by atoms with Gasteiger partial charge in [0.15, 0.2) is 0 Å². The molecule has 2 N–H and O–H groups in total. The molecular formula is C21H16ClF2N3O4S. The Hall–Kier alpha value is -3.24. The predicted octanol–water partition coefficient (Wildman–Crippen LogP) is 3.20. The second kappa shape index (κ2) is 10.4. The van der Waals surface area contributed by atoms with Crippen LogP contribution in [0.4, 0.5) is 13.6 Å². The zero-order valence-electron chi connectivity index (χ0n) is 16.4. The fourth-order valence-electron chi connectivity index (χ4n) is 2.73. The minimum absolute atomic E-state index is 0.0446. The van der Waals surface area contributed by atoms with Crippen LogP contribution in [0, 0.1) is 11.6 Å². The van der Waals surface area contributed by atoms with Crippen molar-refractivity contribution in [3.63, 3.8) is 0 Å². The molecule has 0 bridgehead atoms. The van der Waals surface area contributed by atoms with Gasteiger partial charge in [0, 0.05) is 24.2 Å². The lowest BCUT2D eigenvalue weighted by Crippen LogP contribution is -2.41. The van der Waals surface area contributed by atoms with Crippen molar-refractivity contribution >= 4 is 52.4 Å². The summed E-state index contributed by atoms with van der Waals surface area (Å²) < 4.78 is 26.5. The first kappa shape index (κ1) is 23.4. The van der Waals surface area contributed by atoms with Crippen molar-refractivity contribution in [3.05, 3.63) is 75.2 Å². The molecule has 2 aromatic carbocycles. The highest BCUT2D eigenvalue weighted by molar-refractivity contribution is 8.18. The monoisotopic (exact) mass is 479 g/mol. The molecule has 1 aliphatic rings. The summed E-state index contributed by atoms with van der Waals surface area (Å²) in [6, 6.07) is 9.32. The van der Waals surface area contributed by atoms with Crippen LogP contribution >= 0.6 is 23.4 Å². The summed E-state index contributed by atoms with van der Waals surface area (Å²) in [4.78, 5) is 49.6. The van der Waals surface area contributed by atoms with Gasteiger partial charge in [-0.05, 0) is 41.6 Å². The standard InChI is InChI=1S/C21H16ClF2N3O4S/c22-15-4-2-1-3-12(15)9-17-20(30)27(21(31)32-17)8-7-25-18(28)11-26-19(29)14-6-5-13(23)10-16(14)24/h1-6,9-10H,7-8,11H2,(H,25,28)(H,26,29). The van der Waals surface area contributed by atoms with E-state index in [1.54, 1.807) is 24.3 Å². The van der Waals surface area contributed by atoms with Gasteiger partial charge in [0.25, 0.3) is 17.1 Å². The highest BCUT2D eigenvalue weighted by Gasteiger charge is 2.34. The Morgan fingerprint density at radius 3 is 2.56 bits per heavy atom. The van der Waals surface area contributed by atoms with E-state index in [2.05, 4.69) is 10.6 Å². The third kappa shape index (κ3) is 5.71. The van der Waals surface area contributed by atoms with Gasteiger partial charge in [0.05, 0.1) is 17.0 Å². The Labute approximate surface area is 190 Å². The Balaban J connectivity index is 1.48. The van der Waals surface area contributed by atoms with Crippen LogP contribution in [-0.4, -0.2) is 47.5 Å². The number of hydrogen-bond acceptors (Lipinski definition) is 5. The van der Waals surface area contributed by atoms with Crippen LogP contribution in [0.2, 0.25) is 5.02 Å². The number of amides is 4. The molecule has 4 amide bonds. The summed E-state index contributed by atoms with van der Waals surface area (Å²) in [6.07, 6.45) is 1.52. The lowest BCUT2D eigenvalue weighted by atomic mass is 10.2. The molecule has 1 fully saturated rings. The Morgan fingerprint density at radius 1 is 1.09 bits per heavy atom. The van der Waals surface area contributed by atoms with E-state index in [1.165, 1.54) is 6.08 Å². The van der Waals surface area contributed by atoms with E-state index in [0.717, 1.165) is 28.8 Å². The van der Waals surface area contributed by atoms with Gasteiger partial charge < -0.3 is 10.6 Å². The molecule has 7 nitrogen and oxygen atoms in total. The predicted molar refractivity (Wildman–Crippen MR) is 116 cm³/mol. The molecule has 1 heterocycles. The summed E-state index contributed by atoms with van der Waals surface area (Å²) in [5.41, 5.74) is 0.198. The van der Waals surface area contributed by atoms with E-state index < -0.39 is 46.7 Å². The molecule has 0 saturated carbocycles. The number of carbonyl (C=O) groups excluding carboxylic acids is 4. The first-order valence-electron chi connectivity index (χ1n) is 9.26. The van der Waals surface area contributed by atoms with Crippen LogP contribution < -0.4 is 10.6 Å². The van der Waals surface area contributed by atoms with Gasteiger partial charge in [0.1, 0.15) is 11.6 Å². The molecule has 0 atom stereocenters. The maximum Gasteiger partial charge on any atom is 0.293 e. The molecular weight excluding hydrogens is 464 g/mol. The fraction of sp³-hybridized carbons (Fsp3) is 0.143. The third-order valence-corrected chi connectivity index (χ3v) is 5.56. The molecule has 0 radical (unpaired) electrons. The molecule has 0 unspecified atom stereocenters.